The summed E-state index contributed by atoms with van der Waals surface area (Å²) in [5.74, 6) is -1.61. The molecule has 1 aromatic heterocycles. The maximum absolute atomic E-state index is 12.7. The Hall–Kier alpha value is -2.05. The first kappa shape index (κ1) is 15.3. The molecule has 5 nitrogen and oxygen atoms in total. The van der Waals surface area contributed by atoms with Crippen molar-refractivity contribution in [2.75, 3.05) is 0 Å². The molecule has 110 valence electrons. The second-order valence-corrected chi connectivity index (χ2v) is 4.91. The maximum Gasteiger partial charge on any atom is 0.286 e. The average molecular weight is 330 g/mol. The van der Waals surface area contributed by atoms with Crippen LogP contribution in [0.2, 0.25) is 10.2 Å². The van der Waals surface area contributed by atoms with Crippen LogP contribution >= 0.6 is 23.2 Å². The molecule has 2 aromatic rings. The minimum Gasteiger partial charge on any atom is -0.329 e. The second-order valence-electron chi connectivity index (χ2n) is 4.14. The zero-order chi connectivity index (χ0) is 15.6. The molecular formula is C13H10Cl2FN3O2. The van der Waals surface area contributed by atoms with Gasteiger partial charge < -0.3 is 4.57 Å². The van der Waals surface area contributed by atoms with Crippen molar-refractivity contribution in [2.45, 2.75) is 0 Å². The quantitative estimate of drug-likeness (QED) is 0.831. The van der Waals surface area contributed by atoms with Gasteiger partial charge in [0, 0.05) is 12.6 Å². The molecule has 2 rings (SSSR count). The summed E-state index contributed by atoms with van der Waals surface area (Å²) in [6.07, 6.45) is 0. The van der Waals surface area contributed by atoms with E-state index >= 15 is 0 Å². The number of hydrogen-bond donors (Lipinski definition) is 2. The summed E-state index contributed by atoms with van der Waals surface area (Å²) in [4.78, 5) is 23.6. The number of rotatable bonds is 2. The summed E-state index contributed by atoms with van der Waals surface area (Å²) in [6.45, 7) is 0. The van der Waals surface area contributed by atoms with Crippen molar-refractivity contribution in [1.82, 2.24) is 15.4 Å². The third-order valence-electron chi connectivity index (χ3n) is 2.74. The normalized spacial score (nSPS) is 10.3. The van der Waals surface area contributed by atoms with Crippen molar-refractivity contribution < 1.29 is 14.0 Å². The van der Waals surface area contributed by atoms with Gasteiger partial charge in [-0.15, -0.1) is 0 Å². The van der Waals surface area contributed by atoms with Crippen LogP contribution in [0.1, 0.15) is 20.8 Å². The van der Waals surface area contributed by atoms with E-state index in [1.54, 1.807) is 7.05 Å². The maximum atomic E-state index is 12.7. The molecule has 1 aromatic carbocycles. The fourth-order valence-electron chi connectivity index (χ4n) is 1.61. The second kappa shape index (κ2) is 6.15. The van der Waals surface area contributed by atoms with Gasteiger partial charge in [-0.1, -0.05) is 23.2 Å². The molecule has 0 unspecified atom stereocenters. The summed E-state index contributed by atoms with van der Waals surface area (Å²) in [5.41, 5.74) is 4.83. The van der Waals surface area contributed by atoms with Gasteiger partial charge in [0.25, 0.3) is 11.8 Å². The average Bonchev–Trinajstić information content (AvgIpc) is 2.73. The van der Waals surface area contributed by atoms with Gasteiger partial charge in [-0.05, 0) is 30.3 Å². The van der Waals surface area contributed by atoms with Crippen LogP contribution in [0.4, 0.5) is 4.39 Å². The van der Waals surface area contributed by atoms with Gasteiger partial charge in [-0.2, -0.15) is 0 Å². The Bertz CT molecular complexity index is 698. The van der Waals surface area contributed by atoms with Gasteiger partial charge in [-0.25, -0.2) is 4.39 Å². The van der Waals surface area contributed by atoms with Crippen LogP contribution in [0.3, 0.4) is 0 Å². The van der Waals surface area contributed by atoms with Gasteiger partial charge in [-0.3, -0.25) is 20.4 Å². The number of hydrazine groups is 1. The molecule has 0 aliphatic carbocycles. The van der Waals surface area contributed by atoms with Crippen molar-refractivity contribution in [1.29, 1.82) is 0 Å². The van der Waals surface area contributed by atoms with E-state index in [-0.39, 0.29) is 21.4 Å². The molecule has 21 heavy (non-hydrogen) atoms. The minimum atomic E-state index is -0.582. The van der Waals surface area contributed by atoms with Crippen LogP contribution in [0.15, 0.2) is 30.3 Å². The van der Waals surface area contributed by atoms with E-state index in [1.165, 1.54) is 22.8 Å². The lowest BCUT2D eigenvalue weighted by molar-refractivity contribution is 0.0842. The van der Waals surface area contributed by atoms with E-state index in [2.05, 4.69) is 10.9 Å². The first-order chi connectivity index (χ1) is 9.90. The molecule has 0 fully saturated rings. The van der Waals surface area contributed by atoms with E-state index in [9.17, 15) is 14.0 Å². The molecule has 2 N–H and O–H groups in total. The van der Waals surface area contributed by atoms with Gasteiger partial charge in [0.15, 0.2) is 0 Å². The molecule has 0 aliphatic heterocycles. The lowest BCUT2D eigenvalue weighted by Crippen LogP contribution is -2.42. The van der Waals surface area contributed by atoms with E-state index in [1.807, 2.05) is 0 Å². The minimum absolute atomic E-state index is 0.185. The number of benzene rings is 1. The molecule has 0 bridgehead atoms. The number of carbonyl (C=O) groups excluding carboxylic acids is 2. The first-order valence-electron chi connectivity index (χ1n) is 5.77. The molecular weight excluding hydrogens is 320 g/mol. The summed E-state index contributed by atoms with van der Waals surface area (Å²) < 4.78 is 14.1. The number of halogens is 3. The zero-order valence-corrected chi connectivity index (χ0v) is 12.3. The highest BCUT2D eigenvalue weighted by Crippen LogP contribution is 2.24. The van der Waals surface area contributed by atoms with Crippen molar-refractivity contribution in [3.63, 3.8) is 0 Å². The van der Waals surface area contributed by atoms with Gasteiger partial charge in [0.05, 0.1) is 5.02 Å². The largest absolute Gasteiger partial charge is 0.329 e. The van der Waals surface area contributed by atoms with Crippen LogP contribution < -0.4 is 10.9 Å². The van der Waals surface area contributed by atoms with Crippen LogP contribution in [-0.4, -0.2) is 16.4 Å². The fraction of sp³-hybridized carbons (Fsp3) is 0.0769. The predicted octanol–water partition coefficient (Wildman–Crippen LogP) is 2.55. The third kappa shape index (κ3) is 3.34. The Morgan fingerprint density at radius 3 is 2.19 bits per heavy atom. The van der Waals surface area contributed by atoms with Crippen molar-refractivity contribution in [3.8, 4) is 0 Å². The highest BCUT2D eigenvalue weighted by Gasteiger charge is 2.16. The summed E-state index contributed by atoms with van der Waals surface area (Å²) >= 11 is 11.6. The van der Waals surface area contributed by atoms with Crippen LogP contribution in [0.5, 0.6) is 0 Å². The number of hydrogen-bond acceptors (Lipinski definition) is 2. The summed E-state index contributed by atoms with van der Waals surface area (Å²) in [5, 5.41) is 0.445. The molecule has 0 atom stereocenters. The molecule has 2 amide bonds. The summed E-state index contributed by atoms with van der Waals surface area (Å²) in [7, 11) is 1.56. The highest BCUT2D eigenvalue weighted by atomic mass is 35.5. The highest BCUT2D eigenvalue weighted by molar-refractivity contribution is 6.41. The van der Waals surface area contributed by atoms with Crippen LogP contribution in [0.25, 0.3) is 0 Å². The Labute approximate surface area is 129 Å². The predicted molar refractivity (Wildman–Crippen MR) is 76.8 cm³/mol. The first-order valence-corrected chi connectivity index (χ1v) is 6.52. The van der Waals surface area contributed by atoms with Gasteiger partial charge in [0.1, 0.15) is 16.7 Å². The standard InChI is InChI=1S/C13H10Cl2FN3O2/c1-19-10(6-9(14)11(19)15)13(21)18-17-12(20)7-2-4-8(16)5-3-7/h2-6H,1H3,(H,17,20)(H,18,21). The van der Waals surface area contributed by atoms with E-state index in [4.69, 9.17) is 23.2 Å². The smallest absolute Gasteiger partial charge is 0.286 e. The van der Waals surface area contributed by atoms with E-state index in [0.29, 0.717) is 0 Å². The Balaban J connectivity index is 2.02. The van der Waals surface area contributed by atoms with Crippen molar-refractivity contribution in [3.05, 3.63) is 57.6 Å². The molecule has 8 heteroatoms. The van der Waals surface area contributed by atoms with Crippen LogP contribution in [0, 0.1) is 5.82 Å². The van der Waals surface area contributed by atoms with E-state index < -0.39 is 17.6 Å². The molecule has 0 spiro atoms. The Morgan fingerprint density at radius 2 is 1.67 bits per heavy atom. The number of aromatic nitrogens is 1. The van der Waals surface area contributed by atoms with Crippen LogP contribution in [-0.2, 0) is 7.05 Å². The monoisotopic (exact) mass is 329 g/mol. The lowest BCUT2D eigenvalue weighted by atomic mass is 10.2. The van der Waals surface area contributed by atoms with Crippen molar-refractivity contribution >= 4 is 35.0 Å². The third-order valence-corrected chi connectivity index (χ3v) is 3.59. The molecule has 1 heterocycles. The molecule has 0 aliphatic rings. The number of amides is 2. The molecule has 0 saturated heterocycles. The van der Waals surface area contributed by atoms with Crippen molar-refractivity contribution in [2.24, 2.45) is 7.05 Å². The number of nitrogens with zero attached hydrogens (tertiary/aromatic N) is 1. The van der Waals surface area contributed by atoms with E-state index in [0.717, 1.165) is 12.1 Å². The number of nitrogens with one attached hydrogen (secondary N) is 2. The fourth-order valence-corrected chi connectivity index (χ4v) is 1.99. The van der Waals surface area contributed by atoms with Gasteiger partial charge >= 0.3 is 0 Å². The Morgan fingerprint density at radius 1 is 1.10 bits per heavy atom. The topological polar surface area (TPSA) is 63.1 Å². The summed E-state index contributed by atoms with van der Waals surface area (Å²) in [6, 6.07) is 6.27. The SMILES string of the molecule is Cn1c(C(=O)NNC(=O)c2ccc(F)cc2)cc(Cl)c1Cl. The molecule has 0 radical (unpaired) electrons. The Kier molecular flexibility index (Phi) is 4.50. The number of carbonyl (C=O) groups is 2. The zero-order valence-electron chi connectivity index (χ0n) is 10.8. The lowest BCUT2D eigenvalue weighted by Gasteiger charge is -2.08. The molecule has 0 saturated carbocycles. The van der Waals surface area contributed by atoms with Gasteiger partial charge in [0.2, 0.25) is 0 Å².